The summed E-state index contributed by atoms with van der Waals surface area (Å²) < 4.78 is 122. The SMILES string of the molecule is CCOCCOCCOCCOCCC(Oc1ccc(C)cc1OC(CCOCCOCCOCCOCC)S(=O)(=O)O)S(=O)(=O)O. The Hall–Kier alpha value is -1.68. The monoisotopic (exact) mass is 720 g/mol. The van der Waals surface area contributed by atoms with Crippen molar-refractivity contribution in [3.05, 3.63) is 23.8 Å². The minimum atomic E-state index is -4.73. The van der Waals surface area contributed by atoms with Gasteiger partial charge in [0.05, 0.1) is 92.5 Å². The lowest BCUT2D eigenvalue weighted by Crippen LogP contribution is -2.31. The van der Waals surface area contributed by atoms with E-state index in [4.69, 9.17) is 47.4 Å². The first kappa shape index (κ1) is 43.3. The molecule has 2 N–H and O–H groups in total. The van der Waals surface area contributed by atoms with Crippen LogP contribution in [0.2, 0.25) is 0 Å². The van der Waals surface area contributed by atoms with E-state index in [0.717, 1.165) is 0 Å². The molecule has 0 bridgehead atoms. The summed E-state index contributed by atoms with van der Waals surface area (Å²) >= 11 is 0. The lowest BCUT2D eigenvalue weighted by atomic mass is 10.2. The van der Waals surface area contributed by atoms with Crippen molar-refractivity contribution in [2.24, 2.45) is 0 Å². The summed E-state index contributed by atoms with van der Waals surface area (Å²) in [6.07, 6.45) is -0.520. The Morgan fingerprint density at radius 1 is 0.511 bits per heavy atom. The van der Waals surface area contributed by atoms with Gasteiger partial charge in [-0.05, 0) is 38.5 Å². The van der Waals surface area contributed by atoms with E-state index in [0.29, 0.717) is 71.6 Å². The number of hydrogen-bond donors (Lipinski definition) is 2. The fraction of sp³-hybridized carbons (Fsp3) is 0.793. The van der Waals surface area contributed by atoms with Crippen LogP contribution in [0.1, 0.15) is 32.3 Å². The Morgan fingerprint density at radius 3 is 1.17 bits per heavy atom. The molecule has 0 heterocycles. The van der Waals surface area contributed by atoms with Crippen molar-refractivity contribution in [1.29, 1.82) is 0 Å². The summed E-state index contributed by atoms with van der Waals surface area (Å²) in [6, 6.07) is 4.35. The zero-order chi connectivity index (χ0) is 34.8. The molecule has 18 heteroatoms. The molecule has 1 aromatic rings. The molecule has 0 aliphatic carbocycles. The van der Waals surface area contributed by atoms with E-state index in [2.05, 4.69) is 0 Å². The van der Waals surface area contributed by atoms with E-state index < -0.39 is 31.1 Å². The van der Waals surface area contributed by atoms with Crippen LogP contribution in [0, 0.1) is 6.92 Å². The topological polar surface area (TPSA) is 201 Å². The zero-order valence-corrected chi connectivity index (χ0v) is 29.2. The van der Waals surface area contributed by atoms with Crippen molar-refractivity contribution >= 4 is 20.2 Å². The van der Waals surface area contributed by atoms with Crippen molar-refractivity contribution in [3.63, 3.8) is 0 Å². The molecule has 0 aliphatic rings. The van der Waals surface area contributed by atoms with Crippen molar-refractivity contribution < 1.29 is 73.3 Å². The van der Waals surface area contributed by atoms with Crippen LogP contribution < -0.4 is 9.47 Å². The van der Waals surface area contributed by atoms with E-state index in [1.54, 1.807) is 13.0 Å². The van der Waals surface area contributed by atoms with Crippen LogP contribution in [0.4, 0.5) is 0 Å². The van der Waals surface area contributed by atoms with Gasteiger partial charge in [0.2, 0.25) is 10.9 Å². The van der Waals surface area contributed by atoms with Crippen LogP contribution in [-0.4, -0.2) is 143 Å². The van der Waals surface area contributed by atoms with Crippen molar-refractivity contribution in [1.82, 2.24) is 0 Å². The van der Waals surface area contributed by atoms with Gasteiger partial charge in [0, 0.05) is 26.1 Å². The second-order valence-corrected chi connectivity index (χ2v) is 12.8. The first-order valence-corrected chi connectivity index (χ1v) is 18.5. The van der Waals surface area contributed by atoms with Gasteiger partial charge in [0.15, 0.2) is 11.5 Å². The molecular weight excluding hydrogens is 668 g/mol. The lowest BCUT2D eigenvalue weighted by molar-refractivity contribution is -0.00243. The van der Waals surface area contributed by atoms with Crippen LogP contribution in [0.25, 0.3) is 0 Å². The predicted octanol–water partition coefficient (Wildman–Crippen LogP) is 2.13. The fourth-order valence-electron chi connectivity index (χ4n) is 3.59. The minimum absolute atomic E-state index is 0.101. The van der Waals surface area contributed by atoms with E-state index in [9.17, 15) is 25.9 Å². The molecule has 0 spiro atoms. The fourth-order valence-corrected chi connectivity index (χ4v) is 4.83. The third-order valence-corrected chi connectivity index (χ3v) is 7.91. The minimum Gasteiger partial charge on any atom is -0.468 e. The predicted molar refractivity (Wildman–Crippen MR) is 170 cm³/mol. The Balaban J connectivity index is 2.56. The van der Waals surface area contributed by atoms with Crippen LogP contribution in [-0.2, 0) is 58.1 Å². The highest BCUT2D eigenvalue weighted by Gasteiger charge is 2.29. The number of ether oxygens (including phenoxy) is 10. The summed E-state index contributed by atoms with van der Waals surface area (Å²) in [6.45, 7) is 10.7. The molecule has 2 unspecified atom stereocenters. The number of benzene rings is 1. The molecule has 0 saturated carbocycles. The third-order valence-electron chi connectivity index (χ3n) is 5.92. The summed E-state index contributed by atoms with van der Waals surface area (Å²) in [4.78, 5) is 0. The van der Waals surface area contributed by atoms with Gasteiger partial charge in [-0.1, -0.05) is 6.07 Å². The van der Waals surface area contributed by atoms with Gasteiger partial charge >= 0.3 is 20.2 Å². The second-order valence-electron chi connectivity index (χ2n) is 9.72. The molecule has 16 nitrogen and oxygen atoms in total. The Morgan fingerprint density at radius 2 is 0.830 bits per heavy atom. The van der Waals surface area contributed by atoms with Gasteiger partial charge < -0.3 is 47.4 Å². The van der Waals surface area contributed by atoms with Crippen molar-refractivity contribution in [3.8, 4) is 11.5 Å². The summed E-state index contributed by atoms with van der Waals surface area (Å²) in [5.41, 5.74) is -2.88. The van der Waals surface area contributed by atoms with Crippen LogP contribution in [0.15, 0.2) is 18.2 Å². The average molecular weight is 721 g/mol. The Bertz CT molecular complexity index is 1130. The molecule has 1 rings (SSSR count). The number of hydrogen-bond acceptors (Lipinski definition) is 14. The van der Waals surface area contributed by atoms with Crippen LogP contribution in [0.3, 0.4) is 0 Å². The van der Waals surface area contributed by atoms with Crippen molar-refractivity contribution in [2.45, 2.75) is 44.5 Å². The molecular formula is C29H52O16S2. The molecule has 0 aliphatic heterocycles. The molecule has 0 amide bonds. The van der Waals surface area contributed by atoms with Crippen LogP contribution >= 0.6 is 0 Å². The third kappa shape index (κ3) is 22.6. The highest BCUT2D eigenvalue weighted by atomic mass is 32.2. The Labute approximate surface area is 278 Å². The summed E-state index contributed by atoms with van der Waals surface area (Å²) in [5, 5.41) is 0. The zero-order valence-electron chi connectivity index (χ0n) is 27.5. The molecule has 1 aromatic carbocycles. The standard InChI is InChI=1S/C29H52O16S2/c1-4-36-12-14-40-20-22-42-18-16-38-10-8-28(46(30,31)32)44-26-7-6-25(3)24-27(26)45-29(47(33,34)35)9-11-39-17-19-43-23-21-41-15-13-37-5-2/h6-7,24,28-29H,4-5,8-23H2,1-3H3,(H,30,31,32)(H,33,34,35). The average Bonchev–Trinajstić information content (AvgIpc) is 3.00. The number of rotatable bonds is 32. The van der Waals surface area contributed by atoms with Gasteiger partial charge in [-0.25, -0.2) is 0 Å². The summed E-state index contributed by atoms with van der Waals surface area (Å²) in [5.74, 6) is -0.330. The van der Waals surface area contributed by atoms with Gasteiger partial charge in [-0.15, -0.1) is 0 Å². The van der Waals surface area contributed by atoms with E-state index in [1.807, 2.05) is 13.8 Å². The molecule has 47 heavy (non-hydrogen) atoms. The molecule has 0 aromatic heterocycles. The number of aryl methyl sites for hydroxylation is 1. The molecule has 0 fully saturated rings. The van der Waals surface area contributed by atoms with Crippen LogP contribution in [0.5, 0.6) is 11.5 Å². The second kappa shape index (κ2) is 26.2. The maximum absolute atomic E-state index is 12.1. The first-order chi connectivity index (χ1) is 22.5. The molecule has 2 atom stereocenters. The highest BCUT2D eigenvalue weighted by Crippen LogP contribution is 2.32. The molecule has 0 saturated heterocycles. The van der Waals surface area contributed by atoms with Crippen molar-refractivity contribution in [2.75, 3.05) is 106 Å². The quantitative estimate of drug-likeness (QED) is 0.0809. The van der Waals surface area contributed by atoms with Gasteiger partial charge in [-0.2, -0.15) is 16.8 Å². The Kier molecular flexibility index (Phi) is 24.2. The van der Waals surface area contributed by atoms with E-state index >= 15 is 0 Å². The normalized spacial score (nSPS) is 13.5. The van der Waals surface area contributed by atoms with E-state index in [-0.39, 0.29) is 64.0 Å². The maximum atomic E-state index is 12.1. The summed E-state index contributed by atoms with van der Waals surface area (Å²) in [7, 11) is -9.45. The maximum Gasteiger partial charge on any atom is 0.303 e. The smallest absolute Gasteiger partial charge is 0.303 e. The highest BCUT2D eigenvalue weighted by molar-refractivity contribution is 7.86. The van der Waals surface area contributed by atoms with Gasteiger partial charge in [-0.3, -0.25) is 9.11 Å². The van der Waals surface area contributed by atoms with E-state index in [1.165, 1.54) is 12.1 Å². The van der Waals surface area contributed by atoms with Gasteiger partial charge in [0.25, 0.3) is 0 Å². The molecule has 0 radical (unpaired) electrons. The molecule has 276 valence electrons. The first-order valence-electron chi connectivity index (χ1n) is 15.5. The van der Waals surface area contributed by atoms with Gasteiger partial charge in [0.1, 0.15) is 0 Å². The largest absolute Gasteiger partial charge is 0.468 e. The lowest BCUT2D eigenvalue weighted by Gasteiger charge is -2.22.